The van der Waals surface area contributed by atoms with Crippen LogP contribution in [0, 0.1) is 11.6 Å². The van der Waals surface area contributed by atoms with Gasteiger partial charge in [0.2, 0.25) is 6.10 Å². The molecule has 91 heavy (non-hydrogen) atoms. The Morgan fingerprint density at radius 3 is 1.22 bits per heavy atom. The van der Waals surface area contributed by atoms with Gasteiger partial charge in [-0.05, 0) is 145 Å². The maximum Gasteiger partial charge on any atom is 0.416 e. The molecule has 0 radical (unpaired) electrons. The van der Waals surface area contributed by atoms with E-state index in [9.17, 15) is 67.8 Å². The molecular weight excluding hydrogens is 1210 g/mol. The number of nitrogen functional groups attached to an aromatic ring is 1. The number of carboxylic acid groups (broad SMARTS) is 1. The molecule has 2 amide bonds. The Bertz CT molecular complexity index is 4220. The molecule has 25 heteroatoms. The summed E-state index contributed by atoms with van der Waals surface area (Å²) in [6, 6.07) is 49.0. The first kappa shape index (κ1) is 67.5. The minimum atomic E-state index is -4.53. The first-order chi connectivity index (χ1) is 43.2. The average molecular weight is 1260 g/mol. The number of benzene rings is 8. The molecule has 0 saturated carbocycles. The van der Waals surface area contributed by atoms with Gasteiger partial charge >= 0.3 is 24.5 Å². The third-order valence-corrected chi connectivity index (χ3v) is 12.8. The molecular formula is C66H49F11N6O8. The Kier molecular flexibility index (Phi) is 22.4. The third-order valence-electron chi connectivity index (χ3n) is 12.8. The van der Waals surface area contributed by atoms with Gasteiger partial charge in [0.1, 0.15) is 0 Å². The molecule has 0 saturated heterocycles. The number of carbonyl (C=O) groups excluding carboxylic acids is 2. The molecule has 3 heterocycles. The molecule has 3 aromatic heterocycles. The molecule has 3 unspecified atom stereocenters. The van der Waals surface area contributed by atoms with Gasteiger partial charge in [0, 0.05) is 46.0 Å². The third kappa shape index (κ3) is 18.7. The molecule has 11 rings (SSSR count). The highest BCUT2D eigenvalue weighted by Crippen LogP contribution is 2.35. The summed E-state index contributed by atoms with van der Waals surface area (Å²) in [7, 11) is 0. The number of amides is 2. The highest BCUT2D eigenvalue weighted by Gasteiger charge is 2.33. The van der Waals surface area contributed by atoms with Crippen LogP contribution in [0.1, 0.15) is 51.7 Å². The van der Waals surface area contributed by atoms with Gasteiger partial charge in [-0.2, -0.15) is 39.5 Å². The Labute approximate surface area is 509 Å². The maximum atomic E-state index is 14.2. The number of nitrogens with two attached hydrogens (primary N) is 1. The molecule has 0 fully saturated rings. The van der Waals surface area contributed by atoms with Crippen molar-refractivity contribution >= 4 is 67.6 Å². The van der Waals surface area contributed by atoms with Crippen molar-refractivity contribution in [3.05, 3.63) is 276 Å². The van der Waals surface area contributed by atoms with Crippen LogP contribution in [-0.4, -0.2) is 53.2 Å². The number of carbonyl (C=O) groups is 3. The fourth-order valence-electron chi connectivity index (χ4n) is 8.19. The number of pyridine rings is 3. The van der Waals surface area contributed by atoms with Crippen molar-refractivity contribution in [1.29, 1.82) is 0 Å². The molecule has 3 atom stereocenters. The van der Waals surface area contributed by atoms with Crippen molar-refractivity contribution in [3.8, 4) is 11.5 Å². The number of aliphatic carboxylic acids is 1. The van der Waals surface area contributed by atoms with Gasteiger partial charge < -0.3 is 41.5 Å². The molecule has 8 aromatic carbocycles. The van der Waals surface area contributed by atoms with Crippen LogP contribution in [0.2, 0.25) is 0 Å². The number of alkyl halides is 9. The first-order valence-electron chi connectivity index (χ1n) is 26.5. The number of aliphatic hydroxyl groups excluding tert-OH is 2. The van der Waals surface area contributed by atoms with Crippen molar-refractivity contribution in [2.45, 2.75) is 36.8 Å². The van der Waals surface area contributed by atoms with Crippen molar-refractivity contribution in [1.82, 2.24) is 15.0 Å². The second kappa shape index (κ2) is 30.2. The van der Waals surface area contributed by atoms with E-state index >= 15 is 0 Å². The Balaban J connectivity index is 0.000000175. The lowest BCUT2D eigenvalue weighted by Crippen LogP contribution is -2.26. The minimum Gasteiger partial charge on any atom is -0.505 e. The lowest BCUT2D eigenvalue weighted by atomic mass is 10.1. The predicted octanol–water partition coefficient (Wildman–Crippen LogP) is 15.2. The van der Waals surface area contributed by atoms with Crippen LogP contribution in [0.3, 0.4) is 0 Å². The first-order valence-corrected chi connectivity index (χ1v) is 26.5. The second-order valence-corrected chi connectivity index (χ2v) is 19.0. The van der Waals surface area contributed by atoms with Gasteiger partial charge in [-0.1, -0.05) is 78.9 Å². The molecule has 0 aliphatic heterocycles. The highest BCUT2D eigenvalue weighted by molar-refractivity contribution is 6.04. The number of fused-ring (bicyclic) bond motifs is 3. The zero-order valence-corrected chi connectivity index (χ0v) is 46.7. The van der Waals surface area contributed by atoms with E-state index in [2.05, 4.69) is 25.6 Å². The SMILES string of the molecule is Nc1cccc2ncccc12.O=C(Nc1cccc2ncccc12)C(O)c1ccc(C(F)(F)F)cc1.O=C(Nc1cccc2ncccc12)C(Oc1ccccc1F)c1ccc(C(F)(F)F)cc1.O=C(O)C(O)c1ccc(C(F)(F)F)cc1.Oc1ccccc1F. The molecule has 0 spiro atoms. The summed E-state index contributed by atoms with van der Waals surface area (Å²) < 4.78 is 145. The maximum absolute atomic E-state index is 14.2. The van der Waals surface area contributed by atoms with E-state index in [1.54, 1.807) is 85.3 Å². The molecule has 8 N–H and O–H groups in total. The second-order valence-electron chi connectivity index (χ2n) is 19.0. The lowest BCUT2D eigenvalue weighted by molar-refractivity contribution is -0.147. The summed E-state index contributed by atoms with van der Waals surface area (Å²) >= 11 is 0. The summed E-state index contributed by atoms with van der Waals surface area (Å²) in [6.45, 7) is 0. The zero-order valence-electron chi connectivity index (χ0n) is 46.7. The van der Waals surface area contributed by atoms with E-state index in [0.29, 0.717) is 33.2 Å². The van der Waals surface area contributed by atoms with Crippen molar-refractivity contribution in [2.24, 2.45) is 0 Å². The number of aromatic nitrogens is 3. The van der Waals surface area contributed by atoms with Gasteiger partial charge in [0.15, 0.2) is 35.3 Å². The van der Waals surface area contributed by atoms with Crippen molar-refractivity contribution < 1.29 is 87.8 Å². The number of ether oxygens (including phenoxy) is 1. The average Bonchev–Trinajstić information content (AvgIpc) is 1.56. The van der Waals surface area contributed by atoms with E-state index in [1.165, 1.54) is 36.4 Å². The Morgan fingerprint density at radius 2 is 0.813 bits per heavy atom. The largest absolute Gasteiger partial charge is 0.505 e. The van der Waals surface area contributed by atoms with Crippen LogP contribution < -0.4 is 21.1 Å². The Hall–Kier alpha value is -11.1. The zero-order chi connectivity index (χ0) is 66.0. The van der Waals surface area contributed by atoms with Gasteiger partial charge in [-0.15, -0.1) is 0 Å². The van der Waals surface area contributed by atoms with E-state index < -0.39 is 82.9 Å². The van der Waals surface area contributed by atoms with E-state index in [1.807, 2.05) is 30.3 Å². The van der Waals surface area contributed by atoms with Crippen molar-refractivity contribution in [2.75, 3.05) is 16.4 Å². The lowest BCUT2D eigenvalue weighted by Gasteiger charge is -2.20. The molecule has 0 bridgehead atoms. The van der Waals surface area contributed by atoms with Gasteiger partial charge in [-0.3, -0.25) is 24.5 Å². The molecule has 0 aliphatic carbocycles. The standard InChI is InChI=1S/C24H16F4N2O2.C18H13F3N2O2.C9H7F3O3.C9H8N2.C6H5FO/c25-18-6-1-2-9-21(18)32-22(15-10-12-16(13-11-15)24(26,27)28)23(31)30-20-8-3-7-19-17(20)5-4-14-29-19;19-18(20,21)12-8-6-11(7-9-12)16(24)17(25)23-15-5-1-4-14-13(15)3-2-10-22-14;10-9(11,12)6-3-1-5(2-4-6)7(13)8(14)15;10-8-4-1-5-9-7(8)3-2-6-11-9;7-5-3-1-2-4-6(5)8/h1-14,22H,(H,30,31);1-10,16,24H,(H,23,25);1-4,7,13H,(H,14,15);1-6H,10H2;1-4,8H. The number of aromatic hydroxyl groups is 1. The number of nitrogens with one attached hydrogen (secondary N) is 2. The molecule has 0 aliphatic rings. The number of hydrogen-bond donors (Lipinski definition) is 7. The quantitative estimate of drug-likeness (QED) is 0.0501. The number of carboxylic acids is 1. The summed E-state index contributed by atoms with van der Waals surface area (Å²) in [5.74, 6) is -4.70. The van der Waals surface area contributed by atoms with Crippen LogP contribution in [-0.2, 0) is 32.9 Å². The fraction of sp³-hybridized carbons (Fsp3) is 0.0909. The normalized spacial score (nSPS) is 12.1. The van der Waals surface area contributed by atoms with Crippen LogP contribution in [0.25, 0.3) is 32.7 Å². The van der Waals surface area contributed by atoms with Crippen LogP contribution >= 0.6 is 0 Å². The summed E-state index contributed by atoms with van der Waals surface area (Å²) in [5, 5.41) is 43.7. The topological polar surface area (TPSA) is 230 Å². The Morgan fingerprint density at radius 1 is 0.429 bits per heavy atom. The number of rotatable bonds is 10. The summed E-state index contributed by atoms with van der Waals surface area (Å²) in [5.41, 5.74) is 7.19. The number of phenols is 1. The van der Waals surface area contributed by atoms with E-state index in [0.717, 1.165) is 95.5 Å². The predicted molar refractivity (Wildman–Crippen MR) is 317 cm³/mol. The van der Waals surface area contributed by atoms with Gasteiger partial charge in [0.25, 0.3) is 11.8 Å². The summed E-state index contributed by atoms with van der Waals surface area (Å²) in [4.78, 5) is 48.2. The van der Waals surface area contributed by atoms with Gasteiger partial charge in [0.05, 0.1) is 44.6 Å². The van der Waals surface area contributed by atoms with Crippen LogP contribution in [0.15, 0.2) is 231 Å². The monoisotopic (exact) mass is 1260 g/mol. The van der Waals surface area contributed by atoms with Crippen LogP contribution in [0.4, 0.5) is 65.4 Å². The van der Waals surface area contributed by atoms with Gasteiger partial charge in [-0.25, -0.2) is 13.6 Å². The number of phenolic OH excluding ortho intramolecular Hbond substituents is 1. The molecule has 14 nitrogen and oxygen atoms in total. The minimum absolute atomic E-state index is 0.0730. The summed E-state index contributed by atoms with van der Waals surface area (Å²) in [6.07, 6.45) is -13.3. The number of anilines is 3. The van der Waals surface area contributed by atoms with E-state index in [4.69, 9.17) is 25.8 Å². The van der Waals surface area contributed by atoms with Crippen LogP contribution in [0.5, 0.6) is 11.5 Å². The van der Waals surface area contributed by atoms with Crippen molar-refractivity contribution in [3.63, 3.8) is 0 Å². The molecule has 468 valence electrons. The number of halogens is 11. The number of para-hydroxylation sites is 2. The molecule has 11 aromatic rings. The highest BCUT2D eigenvalue weighted by atomic mass is 19.4. The fourth-order valence-corrected chi connectivity index (χ4v) is 8.19. The van der Waals surface area contributed by atoms with E-state index in [-0.39, 0.29) is 28.2 Å². The number of aliphatic hydroxyl groups is 2. The number of nitrogens with zero attached hydrogens (tertiary/aromatic N) is 3. The number of hydrogen-bond acceptors (Lipinski definition) is 11. The smallest absolute Gasteiger partial charge is 0.416 e.